The van der Waals surface area contributed by atoms with Gasteiger partial charge in [0.2, 0.25) is 0 Å². The van der Waals surface area contributed by atoms with Crippen LogP contribution in [0.5, 0.6) is 0 Å². The zero-order valence-electron chi connectivity index (χ0n) is 16.0. The van der Waals surface area contributed by atoms with E-state index in [9.17, 15) is 9.59 Å². The number of H-pyrrole nitrogens is 1. The third-order valence-corrected chi connectivity index (χ3v) is 5.26. The maximum atomic E-state index is 13.2. The zero-order valence-corrected chi connectivity index (χ0v) is 17.6. The van der Waals surface area contributed by atoms with Gasteiger partial charge in [-0.15, -0.1) is 0 Å². The summed E-state index contributed by atoms with van der Waals surface area (Å²) in [6, 6.07) is 15.2. The van der Waals surface area contributed by atoms with Crippen molar-refractivity contribution < 1.29 is 4.79 Å². The molecule has 1 heterocycles. The Hall–Kier alpha value is -2.40. The van der Waals surface area contributed by atoms with E-state index in [0.717, 1.165) is 20.9 Å². The number of aromatic amines is 1. The van der Waals surface area contributed by atoms with Crippen LogP contribution in [0.25, 0.3) is 10.9 Å². The van der Waals surface area contributed by atoms with Crippen LogP contribution < -0.4 is 5.56 Å². The normalized spacial score (nSPS) is 11.6. The Morgan fingerprint density at radius 2 is 1.81 bits per heavy atom. The molecule has 0 fully saturated rings. The molecule has 1 N–H and O–H groups in total. The standard InChI is InChI=1S/C22H23BrN2O2/c1-14-9-10-15-12-16(20(26)24-19(15)11-14)13-25(22(2,3)4)21(27)17-7-5-6-8-18(17)23/h5-12H,13H2,1-4H3,(H,24,26). The quantitative estimate of drug-likeness (QED) is 0.637. The van der Waals surface area contributed by atoms with Gasteiger partial charge in [0, 0.05) is 21.1 Å². The highest BCUT2D eigenvalue weighted by molar-refractivity contribution is 9.10. The molecule has 27 heavy (non-hydrogen) atoms. The molecule has 0 radical (unpaired) electrons. The van der Waals surface area contributed by atoms with Gasteiger partial charge in [0.15, 0.2) is 0 Å². The van der Waals surface area contributed by atoms with Crippen LogP contribution >= 0.6 is 15.9 Å². The van der Waals surface area contributed by atoms with Crippen molar-refractivity contribution in [3.05, 3.63) is 80.0 Å². The van der Waals surface area contributed by atoms with E-state index in [1.54, 1.807) is 11.0 Å². The van der Waals surface area contributed by atoms with Gasteiger partial charge in [-0.2, -0.15) is 0 Å². The number of hydrogen-bond donors (Lipinski definition) is 1. The average Bonchev–Trinajstić information content (AvgIpc) is 2.58. The van der Waals surface area contributed by atoms with Crippen LogP contribution in [0.1, 0.15) is 42.3 Å². The molecule has 1 aromatic heterocycles. The minimum atomic E-state index is -0.443. The number of nitrogens with one attached hydrogen (secondary N) is 1. The van der Waals surface area contributed by atoms with Crippen LogP contribution in [-0.2, 0) is 6.54 Å². The van der Waals surface area contributed by atoms with Gasteiger partial charge in [-0.25, -0.2) is 0 Å². The van der Waals surface area contributed by atoms with Gasteiger partial charge >= 0.3 is 0 Å². The number of hydrogen-bond acceptors (Lipinski definition) is 2. The molecule has 0 bridgehead atoms. The maximum Gasteiger partial charge on any atom is 0.255 e. The molecule has 0 aliphatic heterocycles. The van der Waals surface area contributed by atoms with E-state index < -0.39 is 5.54 Å². The Bertz CT molecular complexity index is 1060. The molecule has 0 saturated heterocycles. The summed E-state index contributed by atoms with van der Waals surface area (Å²) in [6.07, 6.45) is 0. The molecule has 0 atom stereocenters. The van der Waals surface area contributed by atoms with Crippen molar-refractivity contribution in [2.75, 3.05) is 0 Å². The molecular formula is C22H23BrN2O2. The Morgan fingerprint density at radius 1 is 1.11 bits per heavy atom. The Labute approximate surface area is 167 Å². The summed E-state index contributed by atoms with van der Waals surface area (Å²) < 4.78 is 0.743. The number of carbonyl (C=O) groups excluding carboxylic acids is 1. The highest BCUT2D eigenvalue weighted by Crippen LogP contribution is 2.24. The van der Waals surface area contributed by atoms with E-state index >= 15 is 0 Å². The SMILES string of the molecule is Cc1ccc2cc(CN(C(=O)c3ccccc3Br)C(C)(C)C)c(=O)[nH]c2c1. The topological polar surface area (TPSA) is 53.2 Å². The molecule has 1 amide bonds. The first kappa shape index (κ1) is 19.4. The lowest BCUT2D eigenvalue weighted by Gasteiger charge is -2.36. The highest BCUT2D eigenvalue weighted by atomic mass is 79.9. The van der Waals surface area contributed by atoms with Crippen LogP contribution in [0.4, 0.5) is 0 Å². The predicted octanol–water partition coefficient (Wildman–Crippen LogP) is 5.04. The van der Waals surface area contributed by atoms with Crippen LogP contribution in [0.15, 0.2) is 57.8 Å². The van der Waals surface area contributed by atoms with E-state index in [0.29, 0.717) is 11.1 Å². The van der Waals surface area contributed by atoms with Crippen molar-refractivity contribution in [3.8, 4) is 0 Å². The van der Waals surface area contributed by atoms with E-state index in [4.69, 9.17) is 0 Å². The van der Waals surface area contributed by atoms with Crippen molar-refractivity contribution in [1.82, 2.24) is 9.88 Å². The number of aryl methyl sites for hydroxylation is 1. The molecule has 140 valence electrons. The molecule has 0 aliphatic rings. The van der Waals surface area contributed by atoms with Crippen LogP contribution in [0, 0.1) is 6.92 Å². The summed E-state index contributed by atoms with van der Waals surface area (Å²) in [5.41, 5.74) is 2.44. The van der Waals surface area contributed by atoms with E-state index in [2.05, 4.69) is 20.9 Å². The smallest absolute Gasteiger partial charge is 0.255 e. The molecule has 0 aliphatic carbocycles. The van der Waals surface area contributed by atoms with Gasteiger partial charge in [0.05, 0.1) is 12.1 Å². The lowest BCUT2D eigenvalue weighted by atomic mass is 10.0. The molecule has 4 nitrogen and oxygen atoms in total. The molecule has 2 aromatic carbocycles. The lowest BCUT2D eigenvalue weighted by molar-refractivity contribution is 0.0557. The molecule has 0 saturated carbocycles. The predicted molar refractivity (Wildman–Crippen MR) is 113 cm³/mol. The summed E-state index contributed by atoms with van der Waals surface area (Å²) >= 11 is 3.46. The number of halogens is 1. The number of pyridine rings is 1. The third-order valence-electron chi connectivity index (χ3n) is 4.57. The lowest BCUT2D eigenvalue weighted by Crippen LogP contribution is -2.46. The van der Waals surface area contributed by atoms with Crippen molar-refractivity contribution in [2.45, 2.75) is 39.8 Å². The number of rotatable bonds is 3. The molecular weight excluding hydrogens is 404 g/mol. The fourth-order valence-electron chi connectivity index (χ4n) is 3.04. The Balaban J connectivity index is 2.03. The second-order valence-corrected chi connectivity index (χ2v) is 8.61. The minimum absolute atomic E-state index is 0.113. The third kappa shape index (κ3) is 4.14. The van der Waals surface area contributed by atoms with Crippen LogP contribution in [-0.4, -0.2) is 21.3 Å². The van der Waals surface area contributed by atoms with Crippen molar-refractivity contribution in [1.29, 1.82) is 0 Å². The Morgan fingerprint density at radius 3 is 2.48 bits per heavy atom. The monoisotopic (exact) mass is 426 g/mol. The van der Waals surface area contributed by atoms with Gasteiger partial charge < -0.3 is 9.88 Å². The first-order valence-corrected chi connectivity index (χ1v) is 9.65. The molecule has 3 aromatic rings. The summed E-state index contributed by atoms with van der Waals surface area (Å²) in [5, 5.41) is 0.956. The van der Waals surface area contributed by atoms with Crippen LogP contribution in [0.2, 0.25) is 0 Å². The Kier molecular flexibility index (Phi) is 5.24. The molecule has 3 rings (SSSR count). The van der Waals surface area contributed by atoms with Gasteiger partial charge in [-0.1, -0.05) is 24.3 Å². The molecule has 0 unspecified atom stereocenters. The highest BCUT2D eigenvalue weighted by Gasteiger charge is 2.29. The fraction of sp³-hybridized carbons (Fsp3) is 0.273. The van der Waals surface area contributed by atoms with Gasteiger partial charge in [-0.05, 0) is 78.8 Å². The van der Waals surface area contributed by atoms with Crippen molar-refractivity contribution >= 4 is 32.7 Å². The number of nitrogens with zero attached hydrogens (tertiary/aromatic N) is 1. The zero-order chi connectivity index (χ0) is 19.8. The number of fused-ring (bicyclic) bond motifs is 1. The summed E-state index contributed by atoms with van der Waals surface area (Å²) in [6.45, 7) is 8.15. The van der Waals surface area contributed by atoms with Crippen molar-refractivity contribution in [2.24, 2.45) is 0 Å². The van der Waals surface area contributed by atoms with E-state index in [1.807, 2.05) is 70.2 Å². The second kappa shape index (κ2) is 7.31. The average molecular weight is 427 g/mol. The first-order chi connectivity index (χ1) is 12.7. The summed E-state index contributed by atoms with van der Waals surface area (Å²) in [7, 11) is 0. The number of aromatic nitrogens is 1. The number of amides is 1. The van der Waals surface area contributed by atoms with Gasteiger partial charge in [0.25, 0.3) is 11.5 Å². The number of benzene rings is 2. The second-order valence-electron chi connectivity index (χ2n) is 7.76. The molecule has 0 spiro atoms. The van der Waals surface area contributed by atoms with Crippen molar-refractivity contribution in [3.63, 3.8) is 0 Å². The maximum absolute atomic E-state index is 13.2. The largest absolute Gasteiger partial charge is 0.329 e. The number of carbonyl (C=O) groups is 1. The molecule has 5 heteroatoms. The van der Waals surface area contributed by atoms with Gasteiger partial charge in [-0.3, -0.25) is 9.59 Å². The van der Waals surface area contributed by atoms with Crippen LogP contribution in [0.3, 0.4) is 0 Å². The fourth-order valence-corrected chi connectivity index (χ4v) is 3.50. The first-order valence-electron chi connectivity index (χ1n) is 8.86. The van der Waals surface area contributed by atoms with Gasteiger partial charge in [0.1, 0.15) is 0 Å². The summed E-state index contributed by atoms with van der Waals surface area (Å²) in [5.74, 6) is -0.113. The van der Waals surface area contributed by atoms with E-state index in [-0.39, 0.29) is 18.0 Å². The van der Waals surface area contributed by atoms with E-state index in [1.165, 1.54) is 0 Å². The summed E-state index contributed by atoms with van der Waals surface area (Å²) in [4.78, 5) is 30.5. The minimum Gasteiger partial charge on any atom is -0.329 e.